The van der Waals surface area contributed by atoms with Crippen LogP contribution in [0.25, 0.3) is 10.8 Å². The van der Waals surface area contributed by atoms with Crippen LogP contribution in [0.5, 0.6) is 11.5 Å². The van der Waals surface area contributed by atoms with Gasteiger partial charge in [0.05, 0.1) is 12.8 Å². The molecule has 3 rings (SSSR count). The summed E-state index contributed by atoms with van der Waals surface area (Å²) in [5, 5.41) is 6.10. The maximum absolute atomic E-state index is 12.5. The second-order valence-electron chi connectivity index (χ2n) is 5.13. The van der Waals surface area contributed by atoms with Crippen LogP contribution < -0.4 is 9.47 Å². The van der Waals surface area contributed by atoms with Gasteiger partial charge in [0.1, 0.15) is 5.56 Å². The van der Waals surface area contributed by atoms with E-state index in [-0.39, 0.29) is 0 Å². The maximum atomic E-state index is 12.5. The summed E-state index contributed by atoms with van der Waals surface area (Å²) < 4.78 is 12.5. The fourth-order valence-corrected chi connectivity index (χ4v) is 2.45. The normalized spacial score (nSPS) is 10.7. The summed E-state index contributed by atoms with van der Waals surface area (Å²) in [6.07, 6.45) is 5.74. The van der Waals surface area contributed by atoms with E-state index in [0.29, 0.717) is 29.2 Å². The van der Waals surface area contributed by atoms with Gasteiger partial charge >= 0.3 is 5.97 Å². The van der Waals surface area contributed by atoms with E-state index in [0.717, 1.165) is 10.8 Å². The highest BCUT2D eigenvalue weighted by molar-refractivity contribution is 5.93. The van der Waals surface area contributed by atoms with Crippen LogP contribution in [-0.4, -0.2) is 27.8 Å². The molecule has 0 aliphatic rings. The second-order valence-corrected chi connectivity index (χ2v) is 5.13. The lowest BCUT2D eigenvalue weighted by molar-refractivity contribution is 0.0729. The first-order chi connectivity index (χ1) is 11.1. The van der Waals surface area contributed by atoms with Crippen LogP contribution in [0.2, 0.25) is 0 Å². The van der Waals surface area contributed by atoms with Crippen molar-refractivity contribution in [2.75, 3.05) is 7.11 Å². The molecule has 0 bridgehead atoms. The molecule has 6 nitrogen and oxygen atoms in total. The van der Waals surface area contributed by atoms with E-state index in [1.165, 1.54) is 0 Å². The van der Waals surface area contributed by atoms with Crippen LogP contribution in [0.4, 0.5) is 0 Å². The molecule has 3 aromatic rings. The van der Waals surface area contributed by atoms with E-state index in [1.54, 1.807) is 43.5 Å². The van der Waals surface area contributed by atoms with Crippen molar-refractivity contribution in [3.05, 3.63) is 48.0 Å². The van der Waals surface area contributed by atoms with Crippen LogP contribution in [0.3, 0.4) is 0 Å². The van der Waals surface area contributed by atoms with Crippen molar-refractivity contribution < 1.29 is 14.3 Å². The number of hydrogen-bond acceptors (Lipinski definition) is 5. The van der Waals surface area contributed by atoms with Gasteiger partial charge in [-0.1, -0.05) is 6.92 Å². The number of esters is 1. The van der Waals surface area contributed by atoms with Crippen LogP contribution in [0, 0.1) is 0 Å². The molecule has 0 unspecified atom stereocenters. The van der Waals surface area contributed by atoms with E-state index in [1.807, 2.05) is 19.1 Å². The summed E-state index contributed by atoms with van der Waals surface area (Å²) in [4.78, 5) is 16.5. The predicted molar refractivity (Wildman–Crippen MR) is 85.8 cm³/mol. The minimum Gasteiger partial charge on any atom is -0.493 e. The highest BCUT2D eigenvalue weighted by atomic mass is 16.6. The topological polar surface area (TPSA) is 66.2 Å². The zero-order valence-electron chi connectivity index (χ0n) is 13.2. The predicted octanol–water partition coefficient (Wildman–Crippen LogP) is 2.76. The summed E-state index contributed by atoms with van der Waals surface area (Å²) in [6, 6.07) is 5.45. The van der Waals surface area contributed by atoms with Crippen molar-refractivity contribution >= 4 is 16.7 Å². The van der Waals surface area contributed by atoms with Crippen LogP contribution in [0.15, 0.2) is 36.8 Å². The third kappa shape index (κ3) is 2.88. The number of carbonyl (C=O) groups excluding carboxylic acids is 1. The van der Waals surface area contributed by atoms with Crippen molar-refractivity contribution in [2.24, 2.45) is 7.05 Å². The molecule has 2 heterocycles. The van der Waals surface area contributed by atoms with Gasteiger partial charge in [0.15, 0.2) is 11.5 Å². The van der Waals surface area contributed by atoms with Crippen molar-refractivity contribution in [3.63, 3.8) is 0 Å². The Kier molecular flexibility index (Phi) is 3.97. The molecule has 0 saturated heterocycles. The Hall–Kier alpha value is -2.89. The molecule has 1 aromatic carbocycles. The number of hydrogen-bond donors (Lipinski definition) is 0. The Bertz CT molecular complexity index is 871. The summed E-state index contributed by atoms with van der Waals surface area (Å²) in [7, 11) is 3.32. The van der Waals surface area contributed by atoms with E-state index >= 15 is 0 Å². The van der Waals surface area contributed by atoms with Crippen molar-refractivity contribution in [1.29, 1.82) is 0 Å². The zero-order valence-corrected chi connectivity index (χ0v) is 13.2. The second kappa shape index (κ2) is 6.08. The largest absolute Gasteiger partial charge is 0.493 e. The molecule has 0 atom stereocenters. The Labute approximate surface area is 133 Å². The molecule has 0 saturated carbocycles. The van der Waals surface area contributed by atoms with Crippen LogP contribution in [-0.2, 0) is 13.5 Å². The van der Waals surface area contributed by atoms with Gasteiger partial charge in [-0.3, -0.25) is 9.67 Å². The molecule has 0 aliphatic heterocycles. The first-order valence-corrected chi connectivity index (χ1v) is 7.28. The number of benzene rings is 1. The number of methoxy groups -OCH3 is 1. The molecular weight excluding hydrogens is 294 g/mol. The van der Waals surface area contributed by atoms with Crippen LogP contribution in [0.1, 0.15) is 23.0 Å². The quantitative estimate of drug-likeness (QED) is 0.547. The van der Waals surface area contributed by atoms with E-state index in [2.05, 4.69) is 10.1 Å². The number of ether oxygens (including phenoxy) is 2. The molecule has 6 heteroatoms. The molecule has 0 amide bonds. The lowest BCUT2D eigenvalue weighted by Crippen LogP contribution is -2.10. The average molecular weight is 311 g/mol. The average Bonchev–Trinajstić information content (AvgIpc) is 2.95. The van der Waals surface area contributed by atoms with Gasteiger partial charge in [-0.25, -0.2) is 4.79 Å². The van der Waals surface area contributed by atoms with Crippen LogP contribution >= 0.6 is 0 Å². The fourth-order valence-electron chi connectivity index (χ4n) is 2.45. The highest BCUT2D eigenvalue weighted by Gasteiger charge is 2.19. The molecule has 2 aromatic heterocycles. The van der Waals surface area contributed by atoms with E-state index < -0.39 is 5.97 Å². The van der Waals surface area contributed by atoms with Crippen molar-refractivity contribution in [3.8, 4) is 11.5 Å². The molecule has 0 spiro atoms. The summed E-state index contributed by atoms with van der Waals surface area (Å²) in [5.74, 6) is 0.416. The summed E-state index contributed by atoms with van der Waals surface area (Å²) in [6.45, 7) is 1.95. The summed E-state index contributed by atoms with van der Waals surface area (Å²) >= 11 is 0. The molecular formula is C17H17N3O3. The van der Waals surface area contributed by atoms with Gasteiger partial charge in [-0.15, -0.1) is 0 Å². The highest BCUT2D eigenvalue weighted by Crippen LogP contribution is 2.32. The van der Waals surface area contributed by atoms with Gasteiger partial charge in [-0.05, 0) is 30.0 Å². The Balaban J connectivity index is 1.98. The standard InChI is InChI=1S/C17H17N3O3/c1-4-14-13(10-20(2)19-14)17(21)23-16-8-12-9-18-6-5-11(12)7-15(16)22-3/h5-10H,4H2,1-3H3. The molecule has 0 fully saturated rings. The lowest BCUT2D eigenvalue weighted by Gasteiger charge is -2.10. The number of nitrogens with zero attached hydrogens (tertiary/aromatic N) is 3. The minimum absolute atomic E-state index is 0.365. The van der Waals surface area contributed by atoms with Gasteiger partial charge in [0, 0.05) is 31.0 Å². The Morgan fingerprint density at radius 3 is 2.78 bits per heavy atom. The van der Waals surface area contributed by atoms with Gasteiger partial charge in [0.2, 0.25) is 0 Å². The van der Waals surface area contributed by atoms with Crippen molar-refractivity contribution in [1.82, 2.24) is 14.8 Å². The molecule has 0 N–H and O–H groups in total. The monoisotopic (exact) mass is 311 g/mol. The van der Waals surface area contributed by atoms with Gasteiger partial charge in [0.25, 0.3) is 0 Å². The number of fused-ring (bicyclic) bond motifs is 1. The van der Waals surface area contributed by atoms with E-state index in [9.17, 15) is 4.79 Å². The Morgan fingerprint density at radius 1 is 1.26 bits per heavy atom. The molecule has 118 valence electrons. The fraction of sp³-hybridized carbons (Fsp3) is 0.235. The SMILES string of the molecule is CCc1nn(C)cc1C(=O)Oc1cc2cnccc2cc1OC. The van der Waals surface area contributed by atoms with Gasteiger partial charge in [-0.2, -0.15) is 5.10 Å². The maximum Gasteiger partial charge on any atom is 0.347 e. The molecule has 0 radical (unpaired) electrons. The minimum atomic E-state index is -0.448. The third-order valence-electron chi connectivity index (χ3n) is 3.59. The summed E-state index contributed by atoms with van der Waals surface area (Å²) in [5.41, 5.74) is 1.17. The first kappa shape index (κ1) is 15.0. The zero-order chi connectivity index (χ0) is 16.4. The lowest BCUT2D eigenvalue weighted by atomic mass is 10.1. The van der Waals surface area contributed by atoms with Gasteiger partial charge < -0.3 is 9.47 Å². The number of rotatable bonds is 4. The smallest absolute Gasteiger partial charge is 0.347 e. The van der Waals surface area contributed by atoms with Crippen molar-refractivity contribution in [2.45, 2.75) is 13.3 Å². The molecule has 23 heavy (non-hydrogen) atoms. The van der Waals surface area contributed by atoms with E-state index in [4.69, 9.17) is 9.47 Å². The third-order valence-corrected chi connectivity index (χ3v) is 3.59. The number of aromatic nitrogens is 3. The molecule has 0 aliphatic carbocycles. The first-order valence-electron chi connectivity index (χ1n) is 7.28. The number of carbonyl (C=O) groups is 1. The Morgan fingerprint density at radius 2 is 2.04 bits per heavy atom. The number of aryl methyl sites for hydroxylation is 2. The number of pyridine rings is 1.